The van der Waals surface area contributed by atoms with E-state index in [4.69, 9.17) is 4.74 Å². The van der Waals surface area contributed by atoms with Crippen LogP contribution in [0.25, 0.3) is 0 Å². The van der Waals surface area contributed by atoms with Crippen molar-refractivity contribution in [3.05, 3.63) is 71.8 Å². The minimum Gasteiger partial charge on any atom is -0.469 e. The highest BCUT2D eigenvalue weighted by Gasteiger charge is 2.54. The Morgan fingerprint density at radius 3 is 2.00 bits per heavy atom. The molecule has 0 heterocycles. The molecule has 2 aromatic rings. The van der Waals surface area contributed by atoms with Crippen molar-refractivity contribution in [2.75, 3.05) is 7.11 Å². The highest BCUT2D eigenvalue weighted by molar-refractivity contribution is 5.74. The van der Waals surface area contributed by atoms with Gasteiger partial charge in [0.2, 0.25) is 0 Å². The standard InChI is InChI=1S/C22H24O2/c1-24-22(23)21-18-13-12-17(14-18)20(21)19(15-8-4-2-5-9-15)16-10-6-3-7-11-16/h2-11,17-21H,12-14H2,1H3/t17-,18-,20+,21+/m0/s1. The first-order valence-electron chi connectivity index (χ1n) is 8.97. The van der Waals surface area contributed by atoms with Crippen molar-refractivity contribution in [3.63, 3.8) is 0 Å². The minimum absolute atomic E-state index is 0.0101. The summed E-state index contributed by atoms with van der Waals surface area (Å²) in [4.78, 5) is 12.6. The molecule has 24 heavy (non-hydrogen) atoms. The lowest BCUT2D eigenvalue weighted by atomic mass is 9.68. The summed E-state index contributed by atoms with van der Waals surface area (Å²) in [5, 5.41) is 0. The first kappa shape index (κ1) is 15.4. The number of hydrogen-bond acceptors (Lipinski definition) is 2. The third-order valence-electron chi connectivity index (χ3n) is 6.16. The third-order valence-corrected chi connectivity index (χ3v) is 6.16. The van der Waals surface area contributed by atoms with Crippen molar-refractivity contribution in [2.24, 2.45) is 23.7 Å². The number of esters is 1. The molecule has 124 valence electrons. The molecule has 0 aliphatic heterocycles. The summed E-state index contributed by atoms with van der Waals surface area (Å²) >= 11 is 0. The maximum Gasteiger partial charge on any atom is 0.309 e. The van der Waals surface area contributed by atoms with Crippen LogP contribution in [0.5, 0.6) is 0 Å². The summed E-state index contributed by atoms with van der Waals surface area (Å²) in [5.41, 5.74) is 2.63. The molecule has 2 saturated carbocycles. The molecule has 2 fully saturated rings. The van der Waals surface area contributed by atoms with Crippen molar-refractivity contribution >= 4 is 5.97 Å². The van der Waals surface area contributed by atoms with Gasteiger partial charge in [-0.2, -0.15) is 0 Å². The first-order valence-corrected chi connectivity index (χ1v) is 8.97. The molecule has 0 amide bonds. The predicted molar refractivity (Wildman–Crippen MR) is 94.6 cm³/mol. The molecule has 0 unspecified atom stereocenters. The molecule has 0 N–H and O–H groups in total. The van der Waals surface area contributed by atoms with Crippen LogP contribution < -0.4 is 0 Å². The van der Waals surface area contributed by atoms with Gasteiger partial charge in [-0.25, -0.2) is 0 Å². The molecule has 0 radical (unpaired) electrons. The van der Waals surface area contributed by atoms with Gasteiger partial charge in [0.05, 0.1) is 13.0 Å². The van der Waals surface area contributed by atoms with E-state index in [2.05, 4.69) is 60.7 Å². The molecular weight excluding hydrogens is 296 g/mol. The number of rotatable bonds is 4. The molecular formula is C22H24O2. The second-order valence-corrected chi connectivity index (χ2v) is 7.26. The van der Waals surface area contributed by atoms with E-state index in [9.17, 15) is 4.79 Å². The Morgan fingerprint density at radius 1 is 0.917 bits per heavy atom. The Bertz CT molecular complexity index is 655. The van der Waals surface area contributed by atoms with Crippen LogP contribution in [0.2, 0.25) is 0 Å². The lowest BCUT2D eigenvalue weighted by Crippen LogP contribution is -2.34. The van der Waals surface area contributed by atoms with Crippen molar-refractivity contribution in [2.45, 2.75) is 25.2 Å². The molecule has 2 aliphatic rings. The molecule has 0 spiro atoms. The Labute approximate surface area is 143 Å². The summed E-state index contributed by atoms with van der Waals surface area (Å²) in [7, 11) is 1.53. The van der Waals surface area contributed by atoms with Gasteiger partial charge in [0, 0.05) is 5.92 Å². The van der Waals surface area contributed by atoms with Crippen LogP contribution in [0.3, 0.4) is 0 Å². The van der Waals surface area contributed by atoms with E-state index >= 15 is 0 Å². The molecule has 2 aliphatic carbocycles. The molecule has 4 atom stereocenters. The molecule has 2 aromatic carbocycles. The topological polar surface area (TPSA) is 26.3 Å². The number of hydrogen-bond donors (Lipinski definition) is 0. The van der Waals surface area contributed by atoms with E-state index in [1.807, 2.05) is 0 Å². The number of carbonyl (C=O) groups is 1. The Hall–Kier alpha value is -2.09. The van der Waals surface area contributed by atoms with E-state index in [0.29, 0.717) is 17.8 Å². The van der Waals surface area contributed by atoms with E-state index in [-0.39, 0.29) is 17.8 Å². The molecule has 4 rings (SSSR count). The van der Waals surface area contributed by atoms with Crippen LogP contribution in [0.1, 0.15) is 36.3 Å². The smallest absolute Gasteiger partial charge is 0.309 e. The highest BCUT2D eigenvalue weighted by Crippen LogP contribution is 2.58. The lowest BCUT2D eigenvalue weighted by molar-refractivity contribution is -0.149. The van der Waals surface area contributed by atoms with Crippen molar-refractivity contribution < 1.29 is 9.53 Å². The lowest BCUT2D eigenvalue weighted by Gasteiger charge is -2.36. The summed E-state index contributed by atoms with van der Waals surface area (Å²) in [6, 6.07) is 21.4. The first-order chi connectivity index (χ1) is 11.8. The maximum absolute atomic E-state index is 12.6. The zero-order chi connectivity index (χ0) is 16.5. The fourth-order valence-electron chi connectivity index (χ4n) is 5.26. The normalized spacial score (nSPS) is 28.2. The molecule has 0 saturated heterocycles. The van der Waals surface area contributed by atoms with Gasteiger partial charge < -0.3 is 4.74 Å². The van der Waals surface area contributed by atoms with Gasteiger partial charge in [0.25, 0.3) is 0 Å². The number of carbonyl (C=O) groups excluding carboxylic acids is 1. The third kappa shape index (κ3) is 2.54. The number of ether oxygens (including phenoxy) is 1. The fraction of sp³-hybridized carbons (Fsp3) is 0.409. The Balaban J connectivity index is 1.80. The van der Waals surface area contributed by atoms with Crippen LogP contribution in [0.15, 0.2) is 60.7 Å². The summed E-state index contributed by atoms with van der Waals surface area (Å²) in [6.07, 6.45) is 3.61. The maximum atomic E-state index is 12.6. The van der Waals surface area contributed by atoms with Gasteiger partial charge in [0.1, 0.15) is 0 Å². The highest BCUT2D eigenvalue weighted by atomic mass is 16.5. The van der Waals surface area contributed by atoms with Crippen molar-refractivity contribution in [1.29, 1.82) is 0 Å². The molecule has 0 aromatic heterocycles. The second-order valence-electron chi connectivity index (χ2n) is 7.26. The predicted octanol–water partition coefficient (Wildman–Crippen LogP) is 4.65. The van der Waals surface area contributed by atoms with Gasteiger partial charge in [-0.3, -0.25) is 4.79 Å². The van der Waals surface area contributed by atoms with Gasteiger partial charge >= 0.3 is 5.97 Å². The largest absolute Gasteiger partial charge is 0.469 e. The quantitative estimate of drug-likeness (QED) is 0.766. The van der Waals surface area contributed by atoms with Crippen LogP contribution in [0.4, 0.5) is 0 Å². The summed E-state index contributed by atoms with van der Waals surface area (Å²) in [5.74, 6) is 1.78. The number of benzene rings is 2. The van der Waals surface area contributed by atoms with Gasteiger partial charge in [-0.05, 0) is 48.1 Å². The number of methoxy groups -OCH3 is 1. The van der Waals surface area contributed by atoms with E-state index in [1.165, 1.54) is 37.5 Å². The summed E-state index contributed by atoms with van der Waals surface area (Å²) < 4.78 is 5.20. The van der Waals surface area contributed by atoms with Crippen molar-refractivity contribution in [1.82, 2.24) is 0 Å². The SMILES string of the molecule is COC(=O)[C@@H]1[C@H]2CC[C@@H](C2)[C@@H]1C(c1ccccc1)c1ccccc1. The van der Waals surface area contributed by atoms with E-state index in [1.54, 1.807) is 0 Å². The van der Waals surface area contributed by atoms with E-state index < -0.39 is 0 Å². The Morgan fingerprint density at radius 2 is 1.46 bits per heavy atom. The average molecular weight is 320 g/mol. The fourth-order valence-corrected chi connectivity index (χ4v) is 5.26. The van der Waals surface area contributed by atoms with Crippen LogP contribution >= 0.6 is 0 Å². The van der Waals surface area contributed by atoms with E-state index in [0.717, 1.165) is 0 Å². The van der Waals surface area contributed by atoms with Crippen molar-refractivity contribution in [3.8, 4) is 0 Å². The number of fused-ring (bicyclic) bond motifs is 2. The average Bonchev–Trinajstić information content (AvgIpc) is 3.25. The van der Waals surface area contributed by atoms with Gasteiger partial charge in [-0.1, -0.05) is 60.7 Å². The van der Waals surface area contributed by atoms with Crippen LogP contribution in [0, 0.1) is 23.7 Å². The molecule has 2 bridgehead atoms. The minimum atomic E-state index is -0.0101. The van der Waals surface area contributed by atoms with Crippen LogP contribution in [-0.2, 0) is 9.53 Å². The van der Waals surface area contributed by atoms with Crippen LogP contribution in [-0.4, -0.2) is 13.1 Å². The van der Waals surface area contributed by atoms with Gasteiger partial charge in [-0.15, -0.1) is 0 Å². The van der Waals surface area contributed by atoms with Gasteiger partial charge in [0.15, 0.2) is 0 Å². The summed E-state index contributed by atoms with van der Waals surface area (Å²) in [6.45, 7) is 0. The Kier molecular flexibility index (Phi) is 4.13. The molecule has 2 nitrogen and oxygen atoms in total. The zero-order valence-corrected chi connectivity index (χ0v) is 14.1. The second kappa shape index (κ2) is 6.43. The zero-order valence-electron chi connectivity index (χ0n) is 14.1. The monoisotopic (exact) mass is 320 g/mol. The molecule has 2 heteroatoms.